The highest BCUT2D eigenvalue weighted by atomic mass is 16.5. The van der Waals surface area contributed by atoms with Crippen LogP contribution in [0, 0.1) is 0 Å². The van der Waals surface area contributed by atoms with Crippen LogP contribution in [0.15, 0.2) is 40.9 Å². The molecule has 0 aliphatic carbocycles. The highest BCUT2D eigenvalue weighted by Crippen LogP contribution is 2.21. The summed E-state index contributed by atoms with van der Waals surface area (Å²) in [6.07, 6.45) is 0. The van der Waals surface area contributed by atoms with Crippen molar-refractivity contribution >= 4 is 16.8 Å². The lowest BCUT2D eigenvalue weighted by atomic mass is 10.2. The van der Waals surface area contributed by atoms with Gasteiger partial charge < -0.3 is 9.84 Å². The van der Waals surface area contributed by atoms with Gasteiger partial charge in [-0.25, -0.2) is 0 Å². The second-order valence-electron chi connectivity index (χ2n) is 3.34. The van der Waals surface area contributed by atoms with Crippen molar-refractivity contribution in [1.82, 2.24) is 5.16 Å². The SMILES string of the molecule is C=C(C)CNc1noc2ccccc12. The molecule has 0 aliphatic rings. The lowest BCUT2D eigenvalue weighted by Crippen LogP contribution is -2.01. The second kappa shape index (κ2) is 3.54. The van der Waals surface area contributed by atoms with Crippen molar-refractivity contribution in [3.8, 4) is 0 Å². The maximum atomic E-state index is 5.14. The minimum atomic E-state index is 0.719. The van der Waals surface area contributed by atoms with Crippen LogP contribution in [0.3, 0.4) is 0 Å². The summed E-state index contributed by atoms with van der Waals surface area (Å²) in [5.41, 5.74) is 1.87. The van der Waals surface area contributed by atoms with E-state index in [0.29, 0.717) is 0 Å². The molecular formula is C11H12N2O. The van der Waals surface area contributed by atoms with Gasteiger partial charge in [0, 0.05) is 6.54 Å². The largest absolute Gasteiger partial charge is 0.363 e. The molecule has 0 saturated heterocycles. The summed E-state index contributed by atoms with van der Waals surface area (Å²) in [7, 11) is 0. The number of rotatable bonds is 3. The van der Waals surface area contributed by atoms with Crippen LogP contribution in [0.2, 0.25) is 0 Å². The van der Waals surface area contributed by atoms with E-state index >= 15 is 0 Å². The highest BCUT2D eigenvalue weighted by molar-refractivity contribution is 5.87. The van der Waals surface area contributed by atoms with Gasteiger partial charge in [0.15, 0.2) is 11.4 Å². The number of nitrogens with one attached hydrogen (secondary N) is 1. The zero-order valence-corrected chi connectivity index (χ0v) is 8.08. The Morgan fingerprint density at radius 3 is 3.07 bits per heavy atom. The molecule has 0 unspecified atom stereocenters. The normalized spacial score (nSPS) is 10.4. The third kappa shape index (κ3) is 1.62. The monoisotopic (exact) mass is 188 g/mol. The molecule has 1 aromatic heterocycles. The van der Waals surface area contributed by atoms with Crippen molar-refractivity contribution < 1.29 is 4.52 Å². The molecule has 72 valence electrons. The summed E-state index contributed by atoms with van der Waals surface area (Å²) in [6.45, 7) is 6.50. The topological polar surface area (TPSA) is 38.1 Å². The van der Waals surface area contributed by atoms with E-state index < -0.39 is 0 Å². The van der Waals surface area contributed by atoms with Crippen molar-refractivity contribution in [3.63, 3.8) is 0 Å². The Morgan fingerprint density at radius 2 is 2.29 bits per heavy atom. The first-order chi connectivity index (χ1) is 6.77. The van der Waals surface area contributed by atoms with Crippen LogP contribution in [-0.2, 0) is 0 Å². The fourth-order valence-electron chi connectivity index (χ4n) is 1.25. The zero-order valence-electron chi connectivity index (χ0n) is 8.08. The molecule has 1 aromatic carbocycles. The van der Waals surface area contributed by atoms with Gasteiger partial charge in [-0.3, -0.25) is 0 Å². The lowest BCUT2D eigenvalue weighted by Gasteiger charge is -2.00. The predicted molar refractivity (Wildman–Crippen MR) is 57.3 cm³/mol. The standard InChI is InChI=1S/C11H12N2O/c1-8(2)7-12-11-9-5-3-4-6-10(9)14-13-11/h3-6H,1,7H2,2H3,(H,12,13). The summed E-state index contributed by atoms with van der Waals surface area (Å²) in [5, 5.41) is 8.11. The number of hydrogen-bond acceptors (Lipinski definition) is 3. The van der Waals surface area contributed by atoms with Crippen LogP contribution >= 0.6 is 0 Å². The molecule has 0 atom stereocenters. The van der Waals surface area contributed by atoms with E-state index in [9.17, 15) is 0 Å². The Labute approximate surface area is 82.4 Å². The fourth-order valence-corrected chi connectivity index (χ4v) is 1.25. The van der Waals surface area contributed by atoms with Crippen molar-refractivity contribution in [2.24, 2.45) is 0 Å². The molecule has 0 spiro atoms. The van der Waals surface area contributed by atoms with Gasteiger partial charge in [-0.2, -0.15) is 0 Å². The quantitative estimate of drug-likeness (QED) is 0.752. The third-order valence-corrected chi connectivity index (χ3v) is 1.94. The number of hydrogen-bond donors (Lipinski definition) is 1. The van der Waals surface area contributed by atoms with Crippen LogP contribution < -0.4 is 5.32 Å². The first-order valence-electron chi connectivity index (χ1n) is 4.50. The van der Waals surface area contributed by atoms with Gasteiger partial charge in [0.2, 0.25) is 0 Å². The zero-order chi connectivity index (χ0) is 9.97. The van der Waals surface area contributed by atoms with Crippen LogP contribution in [0.25, 0.3) is 11.0 Å². The summed E-state index contributed by atoms with van der Waals surface area (Å²) in [5.74, 6) is 0.781. The van der Waals surface area contributed by atoms with Crippen LogP contribution in [0.5, 0.6) is 0 Å². The van der Waals surface area contributed by atoms with Gasteiger partial charge in [-0.1, -0.05) is 29.4 Å². The van der Waals surface area contributed by atoms with Gasteiger partial charge in [0.1, 0.15) is 0 Å². The average molecular weight is 188 g/mol. The highest BCUT2D eigenvalue weighted by Gasteiger charge is 2.05. The van der Waals surface area contributed by atoms with Gasteiger partial charge in [-0.15, -0.1) is 0 Å². The summed E-state index contributed by atoms with van der Waals surface area (Å²) in [4.78, 5) is 0. The molecule has 1 heterocycles. The first kappa shape index (κ1) is 8.81. The number of anilines is 1. The summed E-state index contributed by atoms with van der Waals surface area (Å²) in [6, 6.07) is 7.77. The minimum absolute atomic E-state index is 0.719. The van der Waals surface area contributed by atoms with E-state index in [4.69, 9.17) is 4.52 Å². The smallest absolute Gasteiger partial charge is 0.177 e. The van der Waals surface area contributed by atoms with Gasteiger partial charge in [0.25, 0.3) is 0 Å². The third-order valence-electron chi connectivity index (χ3n) is 1.94. The molecule has 0 radical (unpaired) electrons. The van der Waals surface area contributed by atoms with Crippen LogP contribution in [0.4, 0.5) is 5.82 Å². The molecule has 3 heteroatoms. The van der Waals surface area contributed by atoms with Crippen LogP contribution in [0.1, 0.15) is 6.92 Å². The number of fused-ring (bicyclic) bond motifs is 1. The van der Waals surface area contributed by atoms with E-state index in [1.807, 2.05) is 31.2 Å². The molecule has 3 nitrogen and oxygen atoms in total. The molecule has 14 heavy (non-hydrogen) atoms. The lowest BCUT2D eigenvalue weighted by molar-refractivity contribution is 0.459. The number of benzene rings is 1. The van der Waals surface area contributed by atoms with E-state index in [1.165, 1.54) is 0 Å². The molecule has 0 bridgehead atoms. The van der Waals surface area contributed by atoms with E-state index in [2.05, 4.69) is 17.1 Å². The van der Waals surface area contributed by atoms with E-state index in [1.54, 1.807) is 0 Å². The molecule has 0 fully saturated rings. The minimum Gasteiger partial charge on any atom is -0.363 e. The molecule has 0 amide bonds. The van der Waals surface area contributed by atoms with Gasteiger partial charge in [-0.05, 0) is 19.1 Å². The number of aromatic nitrogens is 1. The molecule has 0 saturated carbocycles. The summed E-state index contributed by atoms with van der Waals surface area (Å²) < 4.78 is 5.14. The Hall–Kier alpha value is -1.77. The molecule has 1 N–H and O–H groups in total. The molecular weight excluding hydrogens is 176 g/mol. The Balaban J connectivity index is 2.29. The summed E-state index contributed by atoms with van der Waals surface area (Å²) >= 11 is 0. The Morgan fingerprint density at radius 1 is 1.50 bits per heavy atom. The maximum Gasteiger partial charge on any atom is 0.177 e. The second-order valence-corrected chi connectivity index (χ2v) is 3.34. The average Bonchev–Trinajstić information content (AvgIpc) is 2.58. The van der Waals surface area contributed by atoms with Crippen LogP contribution in [-0.4, -0.2) is 11.7 Å². The van der Waals surface area contributed by atoms with Crippen molar-refractivity contribution in [1.29, 1.82) is 0 Å². The fraction of sp³-hybridized carbons (Fsp3) is 0.182. The predicted octanol–water partition coefficient (Wildman–Crippen LogP) is 2.82. The molecule has 2 aromatic rings. The Kier molecular flexibility index (Phi) is 2.23. The molecule has 0 aliphatic heterocycles. The van der Waals surface area contributed by atoms with Crippen molar-refractivity contribution in [3.05, 3.63) is 36.4 Å². The number of para-hydroxylation sites is 1. The van der Waals surface area contributed by atoms with Gasteiger partial charge in [0.05, 0.1) is 5.39 Å². The van der Waals surface area contributed by atoms with E-state index in [0.717, 1.165) is 28.9 Å². The molecule has 2 rings (SSSR count). The van der Waals surface area contributed by atoms with Crippen molar-refractivity contribution in [2.75, 3.05) is 11.9 Å². The Bertz CT molecular complexity index is 459. The maximum absolute atomic E-state index is 5.14. The van der Waals surface area contributed by atoms with Gasteiger partial charge >= 0.3 is 0 Å². The number of nitrogens with zero attached hydrogens (tertiary/aromatic N) is 1. The van der Waals surface area contributed by atoms with Crippen molar-refractivity contribution in [2.45, 2.75) is 6.92 Å². The van der Waals surface area contributed by atoms with E-state index in [-0.39, 0.29) is 0 Å². The first-order valence-corrected chi connectivity index (χ1v) is 4.50.